The van der Waals surface area contributed by atoms with E-state index in [1.807, 2.05) is 0 Å². The number of rotatable bonds is 9. The highest BCUT2D eigenvalue weighted by Crippen LogP contribution is 2.35. The number of esters is 1. The molecule has 26 heavy (non-hydrogen) atoms. The molecule has 0 aliphatic heterocycles. The molecule has 0 fully saturated rings. The first-order valence-corrected chi connectivity index (χ1v) is 8.70. The van der Waals surface area contributed by atoms with Gasteiger partial charge in [-0.2, -0.15) is 0 Å². The lowest BCUT2D eigenvalue weighted by Crippen LogP contribution is -2.12. The van der Waals surface area contributed by atoms with Gasteiger partial charge in [0.25, 0.3) is 5.69 Å². The Labute approximate surface area is 154 Å². The topological polar surface area (TPSA) is 87.9 Å². The molecule has 146 valence electrons. The van der Waals surface area contributed by atoms with Crippen LogP contribution in [-0.4, -0.2) is 24.6 Å². The molecule has 0 amide bonds. The third kappa shape index (κ3) is 6.90. The molecule has 0 heterocycles. The Kier molecular flexibility index (Phi) is 7.86. The molecule has 0 N–H and O–H groups in total. The fourth-order valence-corrected chi connectivity index (χ4v) is 2.25. The maximum atomic E-state index is 11.6. The van der Waals surface area contributed by atoms with E-state index in [1.165, 1.54) is 19.2 Å². The van der Waals surface area contributed by atoms with Crippen LogP contribution < -0.4 is 9.47 Å². The number of hydrogen-bond donors (Lipinski definition) is 0. The van der Waals surface area contributed by atoms with Gasteiger partial charge < -0.3 is 14.2 Å². The predicted octanol–water partition coefficient (Wildman–Crippen LogP) is 4.51. The molecule has 0 aliphatic rings. The van der Waals surface area contributed by atoms with Crippen LogP contribution in [0.2, 0.25) is 0 Å². The van der Waals surface area contributed by atoms with Crippen LogP contribution in [0.4, 0.5) is 5.69 Å². The van der Waals surface area contributed by atoms with E-state index in [2.05, 4.69) is 20.8 Å². The van der Waals surface area contributed by atoms with Crippen molar-refractivity contribution in [3.63, 3.8) is 0 Å². The Bertz CT molecular complexity index is 634. The summed E-state index contributed by atoms with van der Waals surface area (Å²) in [5.41, 5.74) is 0.305. The Hall–Kier alpha value is -2.31. The number of carbonyl (C=O) groups excluding carboxylic acids is 1. The summed E-state index contributed by atoms with van der Waals surface area (Å²) < 4.78 is 16.1. The van der Waals surface area contributed by atoms with Crippen molar-refractivity contribution in [2.75, 3.05) is 13.7 Å². The van der Waals surface area contributed by atoms with E-state index in [9.17, 15) is 14.9 Å². The number of nitrogens with zero attached hydrogens (tertiary/aromatic N) is 1. The van der Waals surface area contributed by atoms with Crippen molar-refractivity contribution in [3.05, 3.63) is 27.8 Å². The lowest BCUT2D eigenvalue weighted by atomic mass is 9.91. The number of nitro benzene ring substituents is 1. The summed E-state index contributed by atoms with van der Waals surface area (Å²) in [6, 6.07) is 2.82. The highest BCUT2D eigenvalue weighted by molar-refractivity contribution is 5.71. The van der Waals surface area contributed by atoms with Crippen molar-refractivity contribution in [3.8, 4) is 11.5 Å². The van der Waals surface area contributed by atoms with Crippen molar-refractivity contribution in [2.24, 2.45) is 11.3 Å². The van der Waals surface area contributed by atoms with Crippen LogP contribution in [0.3, 0.4) is 0 Å². The molecule has 0 saturated carbocycles. The molecule has 1 rings (SSSR count). The van der Waals surface area contributed by atoms with Gasteiger partial charge >= 0.3 is 5.97 Å². The quantitative estimate of drug-likeness (QED) is 0.276. The second-order valence-corrected chi connectivity index (χ2v) is 7.66. The van der Waals surface area contributed by atoms with Crippen LogP contribution >= 0.6 is 0 Å². The van der Waals surface area contributed by atoms with Crippen LogP contribution in [0.5, 0.6) is 11.5 Å². The van der Waals surface area contributed by atoms with Crippen molar-refractivity contribution >= 4 is 11.7 Å². The SMILES string of the molecule is COc1cc(COC(=O)C(C)C)c([N+](=O)[O-])cc1OCCCC(C)(C)C. The fourth-order valence-electron chi connectivity index (χ4n) is 2.25. The summed E-state index contributed by atoms with van der Waals surface area (Å²) in [5, 5.41) is 11.4. The molecule has 0 aromatic heterocycles. The molecule has 1 aromatic rings. The van der Waals surface area contributed by atoms with E-state index in [0.29, 0.717) is 18.1 Å². The average Bonchev–Trinajstić information content (AvgIpc) is 2.55. The zero-order chi connectivity index (χ0) is 19.9. The van der Waals surface area contributed by atoms with Crippen LogP contribution in [0, 0.1) is 21.4 Å². The molecule has 0 radical (unpaired) electrons. The molecule has 0 saturated heterocycles. The number of nitro groups is 1. The molecule has 7 nitrogen and oxygen atoms in total. The first-order chi connectivity index (χ1) is 12.0. The summed E-state index contributed by atoms with van der Waals surface area (Å²) in [4.78, 5) is 22.5. The Morgan fingerprint density at radius 1 is 1.23 bits per heavy atom. The van der Waals surface area contributed by atoms with Gasteiger partial charge in [-0.05, 0) is 24.3 Å². The monoisotopic (exact) mass is 367 g/mol. The normalized spacial score (nSPS) is 11.3. The van der Waals surface area contributed by atoms with Gasteiger partial charge in [0.2, 0.25) is 0 Å². The van der Waals surface area contributed by atoms with Gasteiger partial charge in [0, 0.05) is 0 Å². The van der Waals surface area contributed by atoms with Crippen molar-refractivity contribution in [2.45, 2.75) is 54.1 Å². The lowest BCUT2D eigenvalue weighted by molar-refractivity contribution is -0.386. The number of methoxy groups -OCH3 is 1. The van der Waals surface area contributed by atoms with Crippen LogP contribution in [-0.2, 0) is 16.1 Å². The van der Waals surface area contributed by atoms with E-state index in [1.54, 1.807) is 13.8 Å². The summed E-state index contributed by atoms with van der Waals surface area (Å²) in [6.07, 6.45) is 1.80. The Morgan fingerprint density at radius 3 is 2.38 bits per heavy atom. The molecule has 1 aromatic carbocycles. The minimum atomic E-state index is -0.514. The van der Waals surface area contributed by atoms with Crippen LogP contribution in [0.1, 0.15) is 53.0 Å². The molecular formula is C19H29NO6. The van der Waals surface area contributed by atoms with Gasteiger partial charge in [-0.15, -0.1) is 0 Å². The maximum Gasteiger partial charge on any atom is 0.308 e. The number of hydrogen-bond acceptors (Lipinski definition) is 6. The van der Waals surface area contributed by atoms with E-state index >= 15 is 0 Å². The zero-order valence-electron chi connectivity index (χ0n) is 16.5. The van der Waals surface area contributed by atoms with Gasteiger partial charge in [0.1, 0.15) is 6.61 Å². The highest BCUT2D eigenvalue weighted by Gasteiger charge is 2.21. The van der Waals surface area contributed by atoms with Crippen LogP contribution in [0.25, 0.3) is 0 Å². The molecule has 0 spiro atoms. The second kappa shape index (κ2) is 9.40. The number of carbonyl (C=O) groups is 1. The van der Waals surface area contributed by atoms with Crippen molar-refractivity contribution < 1.29 is 23.9 Å². The van der Waals surface area contributed by atoms with Gasteiger partial charge in [-0.25, -0.2) is 0 Å². The largest absolute Gasteiger partial charge is 0.493 e. The highest BCUT2D eigenvalue weighted by atomic mass is 16.6. The Morgan fingerprint density at radius 2 is 1.88 bits per heavy atom. The van der Waals surface area contributed by atoms with Gasteiger partial charge in [-0.1, -0.05) is 34.6 Å². The molecule has 0 unspecified atom stereocenters. The summed E-state index contributed by atoms with van der Waals surface area (Å²) >= 11 is 0. The van der Waals surface area contributed by atoms with Gasteiger partial charge in [-0.3, -0.25) is 14.9 Å². The average molecular weight is 367 g/mol. The summed E-state index contributed by atoms with van der Waals surface area (Å²) in [6.45, 7) is 10.1. The molecular weight excluding hydrogens is 338 g/mol. The first kappa shape index (κ1) is 21.7. The zero-order valence-corrected chi connectivity index (χ0v) is 16.5. The smallest absolute Gasteiger partial charge is 0.308 e. The van der Waals surface area contributed by atoms with E-state index < -0.39 is 10.9 Å². The molecule has 0 atom stereocenters. The number of benzene rings is 1. The van der Waals surface area contributed by atoms with Crippen molar-refractivity contribution in [1.29, 1.82) is 0 Å². The summed E-state index contributed by atoms with van der Waals surface area (Å²) in [7, 11) is 1.47. The van der Waals surface area contributed by atoms with Crippen LogP contribution in [0.15, 0.2) is 12.1 Å². The second-order valence-electron chi connectivity index (χ2n) is 7.66. The Balaban J connectivity index is 2.94. The maximum absolute atomic E-state index is 11.6. The minimum absolute atomic E-state index is 0.159. The van der Waals surface area contributed by atoms with Crippen molar-refractivity contribution in [1.82, 2.24) is 0 Å². The van der Waals surface area contributed by atoms with E-state index in [0.717, 1.165) is 12.8 Å². The number of ether oxygens (including phenoxy) is 3. The third-order valence-electron chi connectivity index (χ3n) is 3.73. The lowest BCUT2D eigenvalue weighted by Gasteiger charge is -2.18. The van der Waals surface area contributed by atoms with Gasteiger partial charge in [0.05, 0.1) is 36.2 Å². The molecule has 0 aliphatic carbocycles. The van der Waals surface area contributed by atoms with Gasteiger partial charge in [0.15, 0.2) is 11.5 Å². The predicted molar refractivity (Wildman–Crippen MR) is 98.5 cm³/mol. The third-order valence-corrected chi connectivity index (χ3v) is 3.73. The summed E-state index contributed by atoms with van der Waals surface area (Å²) in [5.74, 6) is -0.0313. The van der Waals surface area contributed by atoms with E-state index in [-0.39, 0.29) is 29.2 Å². The molecule has 7 heteroatoms. The standard InChI is InChI=1S/C19H29NO6/c1-13(2)18(21)26-12-14-10-16(24-6)17(11-15(14)20(22)23)25-9-7-8-19(3,4)5/h10-11,13H,7-9,12H2,1-6H3. The minimum Gasteiger partial charge on any atom is -0.493 e. The fraction of sp³-hybridized carbons (Fsp3) is 0.632. The first-order valence-electron chi connectivity index (χ1n) is 8.70. The van der Waals surface area contributed by atoms with E-state index in [4.69, 9.17) is 14.2 Å². The molecule has 0 bridgehead atoms.